The van der Waals surface area contributed by atoms with Crippen LogP contribution in [0.5, 0.6) is 0 Å². The van der Waals surface area contributed by atoms with Crippen LogP contribution in [0.15, 0.2) is 65.8 Å². The van der Waals surface area contributed by atoms with Gasteiger partial charge in [0.25, 0.3) is 0 Å². The number of fused-ring (bicyclic) bond motifs is 1. The van der Waals surface area contributed by atoms with Crippen LogP contribution in [-0.4, -0.2) is 22.0 Å². The maximum Gasteiger partial charge on any atom is 0.218 e. The zero-order valence-corrected chi connectivity index (χ0v) is 15.9. The summed E-state index contributed by atoms with van der Waals surface area (Å²) in [5.74, 6) is 0.253. The number of aliphatic imine (C=N–C) groups is 1. The van der Waals surface area contributed by atoms with E-state index in [9.17, 15) is 4.39 Å². The third kappa shape index (κ3) is 3.70. The SMILES string of the molecule is CC1(C)C[C@](C)(Cc2ccccc2)N=C(c2cnc3c(F)cccc3c2)O1. The van der Waals surface area contributed by atoms with Crippen molar-refractivity contribution in [1.29, 1.82) is 0 Å². The largest absolute Gasteiger partial charge is 0.471 e. The van der Waals surface area contributed by atoms with Crippen LogP contribution < -0.4 is 0 Å². The van der Waals surface area contributed by atoms with E-state index < -0.39 is 0 Å². The van der Waals surface area contributed by atoms with Gasteiger partial charge in [0.05, 0.1) is 11.1 Å². The average molecular weight is 362 g/mol. The Kier molecular flexibility index (Phi) is 4.22. The molecule has 0 fully saturated rings. The third-order valence-corrected chi connectivity index (χ3v) is 4.89. The second kappa shape index (κ2) is 6.45. The van der Waals surface area contributed by atoms with Crippen molar-refractivity contribution in [3.63, 3.8) is 0 Å². The van der Waals surface area contributed by atoms with Gasteiger partial charge >= 0.3 is 0 Å². The second-order valence-corrected chi connectivity index (χ2v) is 8.15. The molecule has 0 unspecified atom stereocenters. The first-order valence-corrected chi connectivity index (χ1v) is 9.21. The Morgan fingerprint density at radius 1 is 1.04 bits per heavy atom. The van der Waals surface area contributed by atoms with E-state index in [-0.39, 0.29) is 17.0 Å². The number of nitrogens with zero attached hydrogens (tertiary/aromatic N) is 2. The van der Waals surface area contributed by atoms with Crippen LogP contribution in [0.3, 0.4) is 0 Å². The lowest BCUT2D eigenvalue weighted by atomic mass is 9.82. The Balaban J connectivity index is 1.75. The molecule has 138 valence electrons. The Morgan fingerprint density at radius 2 is 1.81 bits per heavy atom. The lowest BCUT2D eigenvalue weighted by molar-refractivity contribution is 0.0431. The summed E-state index contributed by atoms with van der Waals surface area (Å²) in [6.45, 7) is 6.33. The van der Waals surface area contributed by atoms with Crippen molar-refractivity contribution in [2.45, 2.75) is 44.8 Å². The number of hydrogen-bond acceptors (Lipinski definition) is 3. The Morgan fingerprint density at radius 3 is 2.59 bits per heavy atom. The molecule has 0 saturated carbocycles. The number of ether oxygens (including phenoxy) is 1. The number of halogens is 1. The summed E-state index contributed by atoms with van der Waals surface area (Å²) in [5.41, 5.74) is 1.76. The quantitative estimate of drug-likeness (QED) is 0.632. The van der Waals surface area contributed by atoms with Crippen molar-refractivity contribution >= 4 is 16.8 Å². The van der Waals surface area contributed by atoms with Crippen LogP contribution in [0.25, 0.3) is 10.9 Å². The Labute approximate surface area is 158 Å². The summed E-state index contributed by atoms with van der Waals surface area (Å²) < 4.78 is 20.1. The van der Waals surface area contributed by atoms with Gasteiger partial charge in [-0.15, -0.1) is 0 Å². The molecule has 2 heterocycles. The van der Waals surface area contributed by atoms with E-state index in [2.05, 4.69) is 50.0 Å². The van der Waals surface area contributed by atoms with Gasteiger partial charge in [0, 0.05) is 18.0 Å². The van der Waals surface area contributed by atoms with E-state index in [1.54, 1.807) is 12.3 Å². The molecule has 0 aliphatic carbocycles. The van der Waals surface area contributed by atoms with Gasteiger partial charge in [0.2, 0.25) is 5.90 Å². The van der Waals surface area contributed by atoms with Crippen LogP contribution in [0, 0.1) is 5.82 Å². The van der Waals surface area contributed by atoms with Gasteiger partial charge in [0.1, 0.15) is 16.9 Å². The maximum absolute atomic E-state index is 13.9. The molecule has 3 nitrogen and oxygen atoms in total. The lowest BCUT2D eigenvalue weighted by Crippen LogP contribution is -2.44. The monoisotopic (exact) mass is 362 g/mol. The minimum atomic E-state index is -0.350. The molecule has 0 N–H and O–H groups in total. The summed E-state index contributed by atoms with van der Waals surface area (Å²) in [4.78, 5) is 9.26. The maximum atomic E-state index is 13.9. The number of hydrogen-bond donors (Lipinski definition) is 0. The van der Waals surface area contributed by atoms with Gasteiger partial charge < -0.3 is 4.74 Å². The zero-order valence-electron chi connectivity index (χ0n) is 15.9. The van der Waals surface area contributed by atoms with Gasteiger partial charge in [-0.2, -0.15) is 0 Å². The lowest BCUT2D eigenvalue weighted by Gasteiger charge is -2.40. The molecule has 1 aromatic heterocycles. The average Bonchev–Trinajstić information content (AvgIpc) is 2.60. The summed E-state index contributed by atoms with van der Waals surface area (Å²) >= 11 is 0. The molecule has 0 bridgehead atoms. The highest BCUT2D eigenvalue weighted by molar-refractivity contribution is 5.98. The van der Waals surface area contributed by atoms with Gasteiger partial charge in [-0.25, -0.2) is 9.38 Å². The van der Waals surface area contributed by atoms with Crippen LogP contribution in [0.4, 0.5) is 4.39 Å². The number of pyridine rings is 1. The van der Waals surface area contributed by atoms with Crippen molar-refractivity contribution in [2.24, 2.45) is 4.99 Å². The van der Waals surface area contributed by atoms with Crippen molar-refractivity contribution < 1.29 is 9.13 Å². The van der Waals surface area contributed by atoms with E-state index in [1.807, 2.05) is 18.2 Å². The fourth-order valence-electron chi connectivity index (χ4n) is 4.02. The molecule has 1 aliphatic heterocycles. The van der Waals surface area contributed by atoms with E-state index in [0.717, 1.165) is 23.8 Å². The minimum absolute atomic E-state index is 0.282. The number of aromatic nitrogens is 1. The predicted molar refractivity (Wildman–Crippen MR) is 107 cm³/mol. The van der Waals surface area contributed by atoms with E-state index in [1.165, 1.54) is 11.6 Å². The standard InChI is InChI=1S/C23H23FN2O/c1-22(2)15-23(3,13-16-8-5-4-6-9-16)26-21(27-22)18-12-17-10-7-11-19(24)20(17)25-14-18/h4-12,14H,13,15H2,1-3H3/t23-/m0/s1. The van der Waals surface area contributed by atoms with Crippen molar-refractivity contribution in [3.8, 4) is 0 Å². The molecule has 4 heteroatoms. The number of para-hydroxylation sites is 1. The molecular formula is C23H23FN2O. The normalized spacial score (nSPS) is 21.6. The van der Waals surface area contributed by atoms with Crippen molar-refractivity contribution in [1.82, 2.24) is 4.98 Å². The molecule has 0 spiro atoms. The smallest absolute Gasteiger partial charge is 0.218 e. The third-order valence-electron chi connectivity index (χ3n) is 4.89. The fourth-order valence-corrected chi connectivity index (χ4v) is 4.02. The minimum Gasteiger partial charge on any atom is -0.471 e. The first-order valence-electron chi connectivity index (χ1n) is 9.21. The van der Waals surface area contributed by atoms with Crippen LogP contribution in [-0.2, 0) is 11.2 Å². The molecule has 2 aromatic carbocycles. The molecular weight excluding hydrogens is 339 g/mol. The highest BCUT2D eigenvalue weighted by Gasteiger charge is 2.39. The molecule has 0 saturated heterocycles. The zero-order chi connectivity index (χ0) is 19.1. The summed E-state index contributed by atoms with van der Waals surface area (Å²) in [5, 5.41) is 0.743. The number of benzene rings is 2. The van der Waals surface area contributed by atoms with E-state index in [0.29, 0.717) is 11.4 Å². The fraction of sp³-hybridized carbons (Fsp3) is 0.304. The Bertz CT molecular complexity index is 1010. The molecule has 27 heavy (non-hydrogen) atoms. The molecule has 4 rings (SSSR count). The van der Waals surface area contributed by atoms with E-state index in [4.69, 9.17) is 9.73 Å². The second-order valence-electron chi connectivity index (χ2n) is 8.15. The highest BCUT2D eigenvalue weighted by atomic mass is 19.1. The first-order chi connectivity index (χ1) is 12.8. The Hall–Kier alpha value is -2.75. The first kappa shape index (κ1) is 17.7. The summed E-state index contributed by atoms with van der Waals surface area (Å²) in [7, 11) is 0. The van der Waals surface area contributed by atoms with Crippen molar-refractivity contribution in [3.05, 3.63) is 77.7 Å². The molecule has 0 radical (unpaired) electrons. The molecule has 0 amide bonds. The molecule has 3 aromatic rings. The summed E-state index contributed by atoms with van der Waals surface area (Å²) in [6.07, 6.45) is 3.29. The van der Waals surface area contributed by atoms with Gasteiger partial charge in [-0.1, -0.05) is 42.5 Å². The predicted octanol–water partition coefficient (Wildman–Crippen LogP) is 5.32. The van der Waals surface area contributed by atoms with E-state index >= 15 is 0 Å². The van der Waals surface area contributed by atoms with Gasteiger partial charge in [0.15, 0.2) is 0 Å². The summed E-state index contributed by atoms with van der Waals surface area (Å²) in [6, 6.07) is 17.2. The molecule has 1 atom stereocenters. The van der Waals surface area contributed by atoms with Crippen LogP contribution in [0.1, 0.15) is 38.3 Å². The van der Waals surface area contributed by atoms with Gasteiger partial charge in [-0.05, 0) is 44.9 Å². The van der Waals surface area contributed by atoms with Gasteiger partial charge in [-0.3, -0.25) is 4.98 Å². The highest BCUT2D eigenvalue weighted by Crippen LogP contribution is 2.36. The van der Waals surface area contributed by atoms with Crippen LogP contribution >= 0.6 is 0 Å². The number of rotatable bonds is 3. The van der Waals surface area contributed by atoms with Crippen molar-refractivity contribution in [2.75, 3.05) is 0 Å². The molecule has 1 aliphatic rings. The van der Waals surface area contributed by atoms with Crippen LogP contribution in [0.2, 0.25) is 0 Å². The topological polar surface area (TPSA) is 34.5 Å².